The van der Waals surface area contributed by atoms with Crippen LogP contribution in [-0.2, 0) is 22.3 Å². The molecular formula is C36H40N4O6S. The van der Waals surface area contributed by atoms with E-state index < -0.39 is 11.0 Å². The highest BCUT2D eigenvalue weighted by atomic mass is 32.2. The zero-order valence-electron chi connectivity index (χ0n) is 27.0. The number of fused-ring (bicyclic) bond motifs is 5. The van der Waals surface area contributed by atoms with E-state index in [2.05, 4.69) is 26.4 Å². The van der Waals surface area contributed by atoms with E-state index in [1.807, 2.05) is 44.2 Å². The highest BCUT2D eigenvalue weighted by Gasteiger charge is 2.32. The number of carbonyl (C=O) groups is 2. The van der Waals surface area contributed by atoms with Crippen molar-refractivity contribution in [1.29, 1.82) is 0 Å². The Hall–Kier alpha value is -4.22. The zero-order valence-corrected chi connectivity index (χ0v) is 27.9. The smallest absolute Gasteiger partial charge is 0.276 e. The SMILES string of the molecule is COc1ccc2c(c1)C=C(c1ocnc1C(=O)N1CCOCC1)Cn1c-2c(C2CCCCC2)c2ccc(C(=O)NS(=O)C(C)C)cc21. The molecule has 10 nitrogen and oxygen atoms in total. The third-order valence-electron chi connectivity index (χ3n) is 9.53. The van der Waals surface area contributed by atoms with Crippen LogP contribution in [0, 0.1) is 0 Å². The molecule has 3 aliphatic rings. The van der Waals surface area contributed by atoms with Crippen molar-refractivity contribution < 1.29 is 27.7 Å². The summed E-state index contributed by atoms with van der Waals surface area (Å²) in [5.41, 5.74) is 6.77. The number of ether oxygens (including phenoxy) is 2. The second kappa shape index (κ2) is 13.1. The molecule has 1 aliphatic carbocycles. The third-order valence-corrected chi connectivity index (χ3v) is 10.8. The number of rotatable bonds is 7. The van der Waals surface area contributed by atoms with Gasteiger partial charge in [-0.2, -0.15) is 0 Å². The second-order valence-corrected chi connectivity index (χ2v) is 14.5. The maximum Gasteiger partial charge on any atom is 0.276 e. The van der Waals surface area contributed by atoms with E-state index in [0.29, 0.717) is 50.1 Å². The molecule has 1 atom stereocenters. The maximum atomic E-state index is 13.7. The second-order valence-electron chi connectivity index (χ2n) is 12.8. The van der Waals surface area contributed by atoms with Gasteiger partial charge in [0.15, 0.2) is 17.8 Å². The third kappa shape index (κ3) is 5.91. The van der Waals surface area contributed by atoms with E-state index in [0.717, 1.165) is 51.9 Å². The molecule has 0 radical (unpaired) electrons. The Morgan fingerprint density at radius 2 is 1.85 bits per heavy atom. The minimum Gasteiger partial charge on any atom is -0.497 e. The first-order valence-corrected chi connectivity index (χ1v) is 17.6. The molecule has 4 aromatic rings. The van der Waals surface area contributed by atoms with Crippen molar-refractivity contribution in [1.82, 2.24) is 19.2 Å². The Morgan fingerprint density at radius 3 is 2.60 bits per heavy atom. The number of nitrogens with one attached hydrogen (secondary N) is 1. The van der Waals surface area contributed by atoms with Crippen LogP contribution in [0.4, 0.5) is 0 Å². The van der Waals surface area contributed by atoms with Crippen molar-refractivity contribution in [3.63, 3.8) is 0 Å². The Bertz CT molecular complexity index is 1890. The number of hydrogen-bond donors (Lipinski definition) is 1. The van der Waals surface area contributed by atoms with Crippen molar-refractivity contribution in [2.45, 2.75) is 63.7 Å². The van der Waals surface area contributed by atoms with Crippen LogP contribution in [0.15, 0.2) is 47.2 Å². The summed E-state index contributed by atoms with van der Waals surface area (Å²) < 4.78 is 34.6. The lowest BCUT2D eigenvalue weighted by Gasteiger charge is -2.26. The number of aromatic nitrogens is 2. The van der Waals surface area contributed by atoms with E-state index in [1.54, 1.807) is 12.0 Å². The molecule has 1 saturated carbocycles. The van der Waals surface area contributed by atoms with Crippen molar-refractivity contribution in [3.8, 4) is 17.0 Å². The lowest BCUT2D eigenvalue weighted by molar-refractivity contribution is 0.0298. The van der Waals surface area contributed by atoms with E-state index in [9.17, 15) is 13.8 Å². The van der Waals surface area contributed by atoms with E-state index >= 15 is 0 Å². The molecule has 2 aromatic heterocycles. The first kappa shape index (κ1) is 31.4. The average molecular weight is 657 g/mol. The fraction of sp³-hybridized carbons (Fsp3) is 0.417. The summed E-state index contributed by atoms with van der Waals surface area (Å²) in [6.07, 6.45) is 9.15. The fourth-order valence-electron chi connectivity index (χ4n) is 7.13. The van der Waals surface area contributed by atoms with Crippen molar-refractivity contribution in [3.05, 3.63) is 70.9 Å². The van der Waals surface area contributed by atoms with Gasteiger partial charge in [0.05, 0.1) is 32.6 Å². The van der Waals surface area contributed by atoms with Crippen LogP contribution in [0.3, 0.4) is 0 Å². The van der Waals surface area contributed by atoms with E-state index in [-0.39, 0.29) is 22.8 Å². The van der Waals surface area contributed by atoms with Crippen LogP contribution >= 0.6 is 0 Å². The highest BCUT2D eigenvalue weighted by molar-refractivity contribution is 7.84. The summed E-state index contributed by atoms with van der Waals surface area (Å²) in [5, 5.41) is 0.890. The Labute approximate surface area is 276 Å². The van der Waals surface area contributed by atoms with Crippen LogP contribution in [0.25, 0.3) is 33.8 Å². The van der Waals surface area contributed by atoms with Crippen LogP contribution < -0.4 is 9.46 Å². The van der Waals surface area contributed by atoms with E-state index in [1.165, 1.54) is 31.2 Å². The predicted molar refractivity (Wildman–Crippen MR) is 182 cm³/mol. The number of nitrogens with zero attached hydrogens (tertiary/aromatic N) is 3. The number of amides is 2. The molecule has 1 N–H and O–H groups in total. The topological polar surface area (TPSA) is 116 Å². The van der Waals surface area contributed by atoms with E-state index in [4.69, 9.17) is 13.9 Å². The Morgan fingerprint density at radius 1 is 1.06 bits per heavy atom. The van der Waals surface area contributed by atoms with Gasteiger partial charge in [-0.1, -0.05) is 25.3 Å². The van der Waals surface area contributed by atoms with Gasteiger partial charge in [-0.05, 0) is 80.1 Å². The first-order valence-electron chi connectivity index (χ1n) is 16.4. The Balaban J connectivity index is 1.43. The monoisotopic (exact) mass is 656 g/mol. The molecular weight excluding hydrogens is 616 g/mol. The fourth-order valence-corrected chi connectivity index (χ4v) is 7.67. The van der Waals surface area contributed by atoms with Crippen LogP contribution in [-0.4, -0.2) is 69.1 Å². The minimum atomic E-state index is -1.50. The van der Waals surface area contributed by atoms with Crippen molar-refractivity contribution in [2.75, 3.05) is 33.4 Å². The van der Waals surface area contributed by atoms with Crippen LogP contribution in [0.5, 0.6) is 5.75 Å². The number of morpholine rings is 1. The standard InChI is InChI=1S/C36H40N4O6S/c1-22(2)47(43)38-35(41)24-9-11-29-30(19-24)40-20-26(34-32(37-21-46-34)36(42)39-13-15-45-16-14-39)17-25-18-27(44-3)10-12-28(25)33(40)31(29)23-7-5-4-6-8-23/h9-12,17-19,21-23H,4-8,13-16,20H2,1-3H3,(H,38,41). The zero-order chi connectivity index (χ0) is 32.7. The van der Waals surface area contributed by atoms with Gasteiger partial charge in [-0.15, -0.1) is 0 Å². The van der Waals surface area contributed by atoms with Gasteiger partial charge in [0.1, 0.15) is 16.7 Å². The molecule has 246 valence electrons. The molecule has 4 heterocycles. The van der Waals surface area contributed by atoms with Gasteiger partial charge < -0.3 is 23.4 Å². The van der Waals surface area contributed by atoms with Gasteiger partial charge in [-0.25, -0.2) is 9.19 Å². The minimum absolute atomic E-state index is 0.189. The molecule has 11 heteroatoms. The van der Waals surface area contributed by atoms with Crippen molar-refractivity contribution in [2.24, 2.45) is 0 Å². The summed E-state index contributed by atoms with van der Waals surface area (Å²) >= 11 is 0. The largest absolute Gasteiger partial charge is 0.497 e. The maximum absolute atomic E-state index is 13.7. The molecule has 1 saturated heterocycles. The summed E-state index contributed by atoms with van der Waals surface area (Å²) in [5.74, 6) is 0.936. The molecule has 0 spiro atoms. The average Bonchev–Trinajstić information content (AvgIpc) is 3.67. The lowest BCUT2D eigenvalue weighted by Crippen LogP contribution is -2.41. The number of allylic oxidation sites excluding steroid dienone is 1. The lowest BCUT2D eigenvalue weighted by atomic mass is 9.81. The number of oxazole rings is 1. The molecule has 7 rings (SSSR count). The van der Waals surface area contributed by atoms with Crippen LogP contribution in [0.2, 0.25) is 0 Å². The number of methoxy groups -OCH3 is 1. The van der Waals surface area contributed by atoms with Crippen molar-refractivity contribution >= 4 is 45.4 Å². The van der Waals surface area contributed by atoms with Gasteiger partial charge >= 0.3 is 0 Å². The normalized spacial score (nSPS) is 17.5. The number of benzene rings is 2. The number of hydrogen-bond acceptors (Lipinski definition) is 7. The molecule has 1 unspecified atom stereocenters. The van der Waals surface area contributed by atoms with Gasteiger partial charge in [-0.3, -0.25) is 14.3 Å². The molecule has 47 heavy (non-hydrogen) atoms. The molecule has 2 aliphatic heterocycles. The predicted octanol–water partition coefficient (Wildman–Crippen LogP) is 6.18. The van der Waals surface area contributed by atoms with Crippen LogP contribution in [0.1, 0.15) is 89.6 Å². The summed E-state index contributed by atoms with van der Waals surface area (Å²) in [7, 11) is 0.156. The highest BCUT2D eigenvalue weighted by Crippen LogP contribution is 2.48. The summed E-state index contributed by atoms with van der Waals surface area (Å²) in [6.45, 7) is 5.96. The molecule has 0 bridgehead atoms. The Kier molecular flexibility index (Phi) is 8.76. The molecule has 2 amide bonds. The quantitative estimate of drug-likeness (QED) is 0.253. The van der Waals surface area contributed by atoms with Gasteiger partial charge in [0.2, 0.25) is 0 Å². The first-order chi connectivity index (χ1) is 22.8. The number of carbonyl (C=O) groups excluding carboxylic acids is 2. The molecule has 2 fully saturated rings. The molecule has 2 aromatic carbocycles. The van der Waals surface area contributed by atoms with Gasteiger partial charge in [0, 0.05) is 45.9 Å². The summed E-state index contributed by atoms with van der Waals surface area (Å²) in [6, 6.07) is 11.9. The summed E-state index contributed by atoms with van der Waals surface area (Å²) in [4.78, 5) is 33.2. The van der Waals surface area contributed by atoms with Gasteiger partial charge in [0.25, 0.3) is 11.8 Å².